The minimum Gasteiger partial charge on any atom is -0.404 e. The van der Waals surface area contributed by atoms with E-state index in [1.807, 2.05) is 36.4 Å². The van der Waals surface area contributed by atoms with Crippen LogP contribution in [0.5, 0.6) is 0 Å². The predicted molar refractivity (Wildman–Crippen MR) is 116 cm³/mol. The molecule has 162 valence electrons. The van der Waals surface area contributed by atoms with Gasteiger partial charge < -0.3 is 24.1 Å². The van der Waals surface area contributed by atoms with Gasteiger partial charge in [0.1, 0.15) is 18.3 Å². The Morgan fingerprint density at radius 1 is 0.967 bits per heavy atom. The van der Waals surface area contributed by atoms with Gasteiger partial charge in [-0.15, -0.1) is 0 Å². The fourth-order valence-electron chi connectivity index (χ4n) is 4.10. The Morgan fingerprint density at radius 2 is 1.47 bits per heavy atom. The molecule has 3 unspecified atom stereocenters. The summed E-state index contributed by atoms with van der Waals surface area (Å²) in [4.78, 5) is 12.6. The molecule has 1 heterocycles. The van der Waals surface area contributed by atoms with Crippen LogP contribution in [0.1, 0.15) is 20.8 Å². The molecule has 1 saturated heterocycles. The molecule has 6 nitrogen and oxygen atoms in total. The molecule has 2 aromatic carbocycles. The highest BCUT2D eigenvalue weighted by molar-refractivity contribution is 6.99. The van der Waals surface area contributed by atoms with Crippen LogP contribution < -0.4 is 10.4 Å². The number of ketones is 1. The van der Waals surface area contributed by atoms with Crippen LogP contribution in [0.15, 0.2) is 60.7 Å². The van der Waals surface area contributed by atoms with Gasteiger partial charge in [0.15, 0.2) is 12.1 Å². The van der Waals surface area contributed by atoms with Gasteiger partial charge in [-0.2, -0.15) is 0 Å². The second-order valence-corrected chi connectivity index (χ2v) is 12.8. The molecular formula is C23H30O6Si. The summed E-state index contributed by atoms with van der Waals surface area (Å²) in [7, 11) is -1.49. The second-order valence-electron chi connectivity index (χ2n) is 8.54. The second kappa shape index (κ2) is 9.09. The van der Waals surface area contributed by atoms with Crippen molar-refractivity contribution in [2.75, 3.05) is 13.7 Å². The average Bonchev–Trinajstić information content (AvgIpc) is 2.74. The number of Topliss-reactive ketones (excluding diaryl/α,β-unsaturated/α-hetero) is 1. The highest BCUT2D eigenvalue weighted by Gasteiger charge is 2.52. The van der Waals surface area contributed by atoms with Gasteiger partial charge in [-0.3, -0.25) is 4.79 Å². The number of hydrogen-bond acceptors (Lipinski definition) is 6. The Balaban J connectivity index is 2.01. The average molecular weight is 431 g/mol. The van der Waals surface area contributed by atoms with Gasteiger partial charge in [0.05, 0.1) is 6.61 Å². The van der Waals surface area contributed by atoms with Crippen molar-refractivity contribution >= 4 is 24.5 Å². The third kappa shape index (κ3) is 4.14. The maximum Gasteiger partial charge on any atom is 0.261 e. The molecular weight excluding hydrogens is 400 g/mol. The summed E-state index contributed by atoms with van der Waals surface area (Å²) in [5.41, 5.74) is 0. The number of rotatable bonds is 6. The topological polar surface area (TPSA) is 85.2 Å². The van der Waals surface area contributed by atoms with E-state index in [0.29, 0.717) is 0 Å². The summed E-state index contributed by atoms with van der Waals surface area (Å²) in [6.45, 7) is 6.37. The first-order valence-electron chi connectivity index (χ1n) is 10.1. The van der Waals surface area contributed by atoms with Crippen molar-refractivity contribution < 1.29 is 28.9 Å². The van der Waals surface area contributed by atoms with Gasteiger partial charge in [-0.25, -0.2) is 0 Å². The summed E-state index contributed by atoms with van der Waals surface area (Å²) in [6.07, 6.45) is -5.12. The van der Waals surface area contributed by atoms with Crippen molar-refractivity contribution in [3.8, 4) is 0 Å². The quantitative estimate of drug-likeness (QED) is 0.671. The molecule has 2 N–H and O–H groups in total. The van der Waals surface area contributed by atoms with Gasteiger partial charge in [-0.05, 0) is 15.4 Å². The number of carbonyl (C=O) groups is 1. The smallest absolute Gasteiger partial charge is 0.261 e. The van der Waals surface area contributed by atoms with Crippen LogP contribution in [0.25, 0.3) is 0 Å². The fourth-order valence-corrected chi connectivity index (χ4v) is 8.65. The Hall–Kier alpha value is -1.87. The molecule has 0 bridgehead atoms. The van der Waals surface area contributed by atoms with E-state index in [9.17, 15) is 15.0 Å². The largest absolute Gasteiger partial charge is 0.404 e. The molecule has 4 atom stereocenters. The van der Waals surface area contributed by atoms with Crippen molar-refractivity contribution in [1.82, 2.24) is 0 Å². The van der Waals surface area contributed by atoms with E-state index in [-0.39, 0.29) is 11.6 Å². The van der Waals surface area contributed by atoms with Gasteiger partial charge in [-0.1, -0.05) is 81.4 Å². The lowest BCUT2D eigenvalue weighted by Crippen LogP contribution is -2.68. The zero-order chi connectivity index (χ0) is 21.9. The highest BCUT2D eigenvalue weighted by atomic mass is 28.4. The third-order valence-electron chi connectivity index (χ3n) is 5.61. The van der Waals surface area contributed by atoms with Crippen LogP contribution >= 0.6 is 0 Å². The summed E-state index contributed by atoms with van der Waals surface area (Å²) < 4.78 is 17.4. The lowest BCUT2D eigenvalue weighted by atomic mass is 10.0. The SMILES string of the molecule is CO[C@H]1OC(CO[Si](c2ccccc2)(c2ccccc2)C(C)(C)C)C(=O)C(O)C1O. The van der Waals surface area contributed by atoms with Crippen LogP contribution in [-0.4, -0.2) is 62.6 Å². The van der Waals surface area contributed by atoms with E-state index in [2.05, 4.69) is 45.0 Å². The van der Waals surface area contributed by atoms with Crippen LogP contribution in [0.3, 0.4) is 0 Å². The molecule has 30 heavy (non-hydrogen) atoms. The molecule has 0 saturated carbocycles. The number of aliphatic hydroxyl groups is 2. The summed E-state index contributed by atoms with van der Waals surface area (Å²) in [6, 6.07) is 20.1. The zero-order valence-corrected chi connectivity index (χ0v) is 18.8. The minimum atomic E-state index is -2.85. The number of methoxy groups -OCH3 is 1. The van der Waals surface area contributed by atoms with Gasteiger partial charge in [0, 0.05) is 7.11 Å². The Kier molecular flexibility index (Phi) is 6.91. The van der Waals surface area contributed by atoms with Crippen LogP contribution in [0.2, 0.25) is 5.04 Å². The van der Waals surface area contributed by atoms with Crippen LogP contribution in [0, 0.1) is 0 Å². The van der Waals surface area contributed by atoms with E-state index < -0.39 is 38.7 Å². The number of hydrogen-bond donors (Lipinski definition) is 2. The van der Waals surface area contributed by atoms with E-state index in [4.69, 9.17) is 13.9 Å². The standard InChI is InChI=1S/C23H30O6Si/c1-23(2,3)30(16-11-7-5-8-12-16,17-13-9-6-10-14-17)28-15-18-19(24)20(25)21(26)22(27-4)29-18/h5-14,18,20-22,25-26H,15H2,1-4H3/t18?,20?,21?,22-/m0/s1. The summed E-state index contributed by atoms with van der Waals surface area (Å²) in [5, 5.41) is 22.0. The molecule has 1 fully saturated rings. The van der Waals surface area contributed by atoms with Gasteiger partial charge in [0.2, 0.25) is 0 Å². The monoisotopic (exact) mass is 430 g/mol. The van der Waals surface area contributed by atoms with Gasteiger partial charge in [0.25, 0.3) is 8.32 Å². The molecule has 0 amide bonds. The van der Waals surface area contributed by atoms with E-state index in [1.54, 1.807) is 0 Å². The molecule has 3 rings (SSSR count). The minimum absolute atomic E-state index is 0.0459. The maximum absolute atomic E-state index is 12.6. The lowest BCUT2D eigenvalue weighted by molar-refractivity contribution is -0.248. The number of aliphatic hydroxyl groups excluding tert-OH is 2. The molecule has 0 spiro atoms. The first-order chi connectivity index (χ1) is 14.2. The van der Waals surface area contributed by atoms with Crippen molar-refractivity contribution in [2.24, 2.45) is 0 Å². The molecule has 7 heteroatoms. The van der Waals surface area contributed by atoms with E-state index in [0.717, 1.165) is 10.4 Å². The number of ether oxygens (including phenoxy) is 2. The molecule has 0 aromatic heterocycles. The molecule has 0 aliphatic carbocycles. The number of carbonyl (C=O) groups excluding carboxylic acids is 1. The summed E-state index contributed by atoms with van der Waals surface area (Å²) >= 11 is 0. The molecule has 0 radical (unpaired) electrons. The predicted octanol–water partition coefficient (Wildman–Crippen LogP) is 1.23. The van der Waals surface area contributed by atoms with Crippen molar-refractivity contribution in [1.29, 1.82) is 0 Å². The molecule has 1 aliphatic rings. The maximum atomic E-state index is 12.6. The van der Waals surface area contributed by atoms with Crippen LogP contribution in [0.4, 0.5) is 0 Å². The lowest BCUT2D eigenvalue weighted by Gasteiger charge is -2.44. The van der Waals surface area contributed by atoms with E-state index >= 15 is 0 Å². The first kappa shape index (κ1) is 22.8. The van der Waals surface area contributed by atoms with Crippen molar-refractivity contribution in [3.63, 3.8) is 0 Å². The van der Waals surface area contributed by atoms with Crippen LogP contribution in [-0.2, 0) is 18.7 Å². The van der Waals surface area contributed by atoms with E-state index in [1.165, 1.54) is 7.11 Å². The fraction of sp³-hybridized carbons (Fsp3) is 0.435. The Labute approximate surface area is 178 Å². The summed E-state index contributed by atoms with van der Waals surface area (Å²) in [5.74, 6) is -0.603. The number of benzene rings is 2. The van der Waals surface area contributed by atoms with Crippen molar-refractivity contribution in [2.45, 2.75) is 50.4 Å². The first-order valence-corrected chi connectivity index (χ1v) is 12.0. The Bertz CT molecular complexity index is 796. The molecule has 2 aromatic rings. The van der Waals surface area contributed by atoms with Crippen molar-refractivity contribution in [3.05, 3.63) is 60.7 Å². The third-order valence-corrected chi connectivity index (χ3v) is 10.6. The van der Waals surface area contributed by atoms with Gasteiger partial charge >= 0.3 is 0 Å². The normalized spacial score (nSPS) is 25.3. The zero-order valence-electron chi connectivity index (χ0n) is 17.8. The Morgan fingerprint density at radius 3 is 1.90 bits per heavy atom. The molecule has 1 aliphatic heterocycles. The highest BCUT2D eigenvalue weighted by Crippen LogP contribution is 2.37.